The van der Waals surface area contributed by atoms with Gasteiger partial charge in [0.15, 0.2) is 0 Å². The second-order valence-corrected chi connectivity index (χ2v) is 4.34. The number of amides is 1. The fourth-order valence-electron chi connectivity index (χ4n) is 1.86. The van der Waals surface area contributed by atoms with Gasteiger partial charge in [-0.05, 0) is 13.8 Å². The maximum absolute atomic E-state index is 11.8. The summed E-state index contributed by atoms with van der Waals surface area (Å²) in [7, 11) is 3.55. The average molecular weight is 248 g/mol. The maximum atomic E-state index is 11.8. The standard InChI is InChI=1S/C11H16N6O/c1-7-9(5-10(18)15-16(3)4)8(2)17-11(14-7)12-6-13-17/h6H,5H2,1-4H3,(H,15,18). The summed E-state index contributed by atoms with van der Waals surface area (Å²) in [6, 6.07) is 0. The summed E-state index contributed by atoms with van der Waals surface area (Å²) in [5, 5.41) is 5.71. The molecule has 0 radical (unpaired) electrons. The van der Waals surface area contributed by atoms with Crippen LogP contribution >= 0.6 is 0 Å². The molecule has 2 aromatic rings. The topological polar surface area (TPSA) is 75.4 Å². The monoisotopic (exact) mass is 248 g/mol. The predicted octanol–water partition coefficient (Wildman–Crippen LogP) is -0.124. The molecule has 0 saturated carbocycles. The quantitative estimate of drug-likeness (QED) is 0.766. The van der Waals surface area contributed by atoms with Gasteiger partial charge in [-0.25, -0.2) is 14.5 Å². The molecule has 2 aromatic heterocycles. The lowest BCUT2D eigenvalue weighted by Gasteiger charge is -2.14. The number of fused-ring (bicyclic) bond motifs is 1. The zero-order valence-corrected chi connectivity index (χ0v) is 10.9. The molecule has 1 N–H and O–H groups in total. The third kappa shape index (κ3) is 2.30. The first-order chi connectivity index (χ1) is 8.49. The molecule has 2 heterocycles. The van der Waals surface area contributed by atoms with Gasteiger partial charge in [0.1, 0.15) is 6.33 Å². The Morgan fingerprint density at radius 1 is 1.44 bits per heavy atom. The molecular weight excluding hydrogens is 232 g/mol. The lowest BCUT2D eigenvalue weighted by molar-refractivity contribution is -0.124. The van der Waals surface area contributed by atoms with Gasteiger partial charge in [-0.15, -0.1) is 0 Å². The van der Waals surface area contributed by atoms with Crippen LogP contribution in [-0.2, 0) is 11.2 Å². The third-order valence-corrected chi connectivity index (χ3v) is 2.67. The van der Waals surface area contributed by atoms with Gasteiger partial charge in [0, 0.05) is 31.0 Å². The Labute approximate surface area is 105 Å². The highest BCUT2D eigenvalue weighted by molar-refractivity contribution is 5.78. The Kier molecular flexibility index (Phi) is 3.24. The highest BCUT2D eigenvalue weighted by atomic mass is 16.2. The van der Waals surface area contributed by atoms with Gasteiger partial charge in [-0.1, -0.05) is 0 Å². The van der Waals surface area contributed by atoms with Crippen LogP contribution in [0.15, 0.2) is 6.33 Å². The maximum Gasteiger partial charge on any atom is 0.252 e. The molecule has 0 aliphatic rings. The van der Waals surface area contributed by atoms with E-state index in [0.717, 1.165) is 17.0 Å². The Morgan fingerprint density at radius 2 is 2.17 bits per heavy atom. The van der Waals surface area contributed by atoms with E-state index in [4.69, 9.17) is 0 Å². The number of rotatable bonds is 3. The van der Waals surface area contributed by atoms with Crippen molar-refractivity contribution in [2.45, 2.75) is 20.3 Å². The van der Waals surface area contributed by atoms with Crippen molar-refractivity contribution in [1.29, 1.82) is 0 Å². The minimum atomic E-state index is -0.0764. The second kappa shape index (κ2) is 4.69. The van der Waals surface area contributed by atoms with Crippen LogP contribution in [-0.4, -0.2) is 44.6 Å². The van der Waals surface area contributed by atoms with Gasteiger partial charge in [-0.3, -0.25) is 10.2 Å². The first-order valence-corrected chi connectivity index (χ1v) is 5.61. The van der Waals surface area contributed by atoms with Gasteiger partial charge >= 0.3 is 0 Å². The van der Waals surface area contributed by atoms with Crippen LogP contribution in [0.5, 0.6) is 0 Å². The molecule has 2 rings (SSSR count). The number of hydrogen-bond donors (Lipinski definition) is 1. The van der Waals surface area contributed by atoms with Crippen LogP contribution in [0.4, 0.5) is 0 Å². The zero-order valence-electron chi connectivity index (χ0n) is 10.9. The predicted molar refractivity (Wildman–Crippen MR) is 65.8 cm³/mol. The lowest BCUT2D eigenvalue weighted by Crippen LogP contribution is -2.37. The molecule has 0 aromatic carbocycles. The molecule has 0 bridgehead atoms. The van der Waals surface area contributed by atoms with Crippen molar-refractivity contribution in [2.75, 3.05) is 14.1 Å². The number of aryl methyl sites for hydroxylation is 2. The molecule has 96 valence electrons. The minimum absolute atomic E-state index is 0.0764. The van der Waals surface area contributed by atoms with Gasteiger partial charge in [-0.2, -0.15) is 10.1 Å². The van der Waals surface area contributed by atoms with E-state index in [1.807, 2.05) is 13.8 Å². The van der Waals surface area contributed by atoms with Crippen LogP contribution in [0.25, 0.3) is 5.78 Å². The third-order valence-electron chi connectivity index (χ3n) is 2.67. The molecule has 0 spiro atoms. The largest absolute Gasteiger partial charge is 0.289 e. The van der Waals surface area contributed by atoms with Gasteiger partial charge in [0.2, 0.25) is 5.91 Å². The molecule has 7 heteroatoms. The molecule has 18 heavy (non-hydrogen) atoms. The Morgan fingerprint density at radius 3 is 2.83 bits per heavy atom. The van der Waals surface area contributed by atoms with Crippen LogP contribution < -0.4 is 5.43 Å². The molecule has 0 atom stereocenters. The molecule has 0 aliphatic heterocycles. The fraction of sp³-hybridized carbons (Fsp3) is 0.455. The molecular formula is C11H16N6O. The number of aromatic nitrogens is 4. The first kappa shape index (κ1) is 12.4. The molecule has 0 unspecified atom stereocenters. The van der Waals surface area contributed by atoms with E-state index in [1.54, 1.807) is 23.6 Å². The summed E-state index contributed by atoms with van der Waals surface area (Å²) in [6.45, 7) is 3.79. The van der Waals surface area contributed by atoms with E-state index in [9.17, 15) is 4.79 Å². The van der Waals surface area contributed by atoms with Gasteiger partial charge in [0.25, 0.3) is 5.78 Å². The number of carbonyl (C=O) groups excluding carboxylic acids is 1. The van der Waals surface area contributed by atoms with Crippen molar-refractivity contribution in [3.63, 3.8) is 0 Å². The number of hydrazine groups is 1. The second-order valence-electron chi connectivity index (χ2n) is 4.34. The highest BCUT2D eigenvalue weighted by Gasteiger charge is 2.14. The minimum Gasteiger partial charge on any atom is -0.289 e. The van der Waals surface area contributed by atoms with Crippen LogP contribution in [0.1, 0.15) is 17.0 Å². The van der Waals surface area contributed by atoms with Crippen molar-refractivity contribution >= 4 is 11.7 Å². The van der Waals surface area contributed by atoms with Gasteiger partial charge in [0.05, 0.1) is 6.42 Å². The van der Waals surface area contributed by atoms with Crippen molar-refractivity contribution in [1.82, 2.24) is 30.0 Å². The van der Waals surface area contributed by atoms with E-state index in [-0.39, 0.29) is 12.3 Å². The Bertz CT molecular complexity index is 588. The number of nitrogens with zero attached hydrogens (tertiary/aromatic N) is 5. The molecule has 1 amide bonds. The fourth-order valence-corrected chi connectivity index (χ4v) is 1.86. The summed E-state index contributed by atoms with van der Waals surface area (Å²) in [5.74, 6) is 0.481. The lowest BCUT2D eigenvalue weighted by atomic mass is 10.1. The molecule has 0 saturated heterocycles. The van der Waals surface area contributed by atoms with E-state index in [2.05, 4.69) is 20.5 Å². The van der Waals surface area contributed by atoms with Gasteiger partial charge < -0.3 is 0 Å². The Balaban J connectivity index is 2.35. The van der Waals surface area contributed by atoms with Crippen molar-refractivity contribution in [3.8, 4) is 0 Å². The van der Waals surface area contributed by atoms with E-state index in [1.165, 1.54) is 6.33 Å². The summed E-state index contributed by atoms with van der Waals surface area (Å²) >= 11 is 0. The molecule has 7 nitrogen and oxygen atoms in total. The SMILES string of the molecule is Cc1nc2ncnn2c(C)c1CC(=O)NN(C)C. The van der Waals surface area contributed by atoms with Crippen molar-refractivity contribution in [2.24, 2.45) is 0 Å². The summed E-state index contributed by atoms with van der Waals surface area (Å²) in [6.07, 6.45) is 1.73. The summed E-state index contributed by atoms with van der Waals surface area (Å²) < 4.78 is 1.64. The first-order valence-electron chi connectivity index (χ1n) is 5.61. The smallest absolute Gasteiger partial charge is 0.252 e. The van der Waals surface area contributed by atoms with Crippen LogP contribution in [0, 0.1) is 13.8 Å². The molecule has 0 aliphatic carbocycles. The normalized spacial score (nSPS) is 11.2. The van der Waals surface area contributed by atoms with Crippen LogP contribution in [0.3, 0.4) is 0 Å². The van der Waals surface area contributed by atoms with E-state index in [0.29, 0.717) is 5.78 Å². The molecule has 0 fully saturated rings. The summed E-state index contributed by atoms with van der Waals surface area (Å²) in [5.41, 5.74) is 5.29. The van der Waals surface area contributed by atoms with Crippen molar-refractivity contribution in [3.05, 3.63) is 23.3 Å². The van der Waals surface area contributed by atoms with Crippen LogP contribution in [0.2, 0.25) is 0 Å². The highest BCUT2D eigenvalue weighted by Crippen LogP contribution is 2.13. The number of nitrogens with one attached hydrogen (secondary N) is 1. The van der Waals surface area contributed by atoms with Crippen molar-refractivity contribution < 1.29 is 4.79 Å². The number of carbonyl (C=O) groups is 1. The number of hydrogen-bond acceptors (Lipinski definition) is 5. The Hall–Kier alpha value is -2.02. The van der Waals surface area contributed by atoms with E-state index < -0.39 is 0 Å². The zero-order chi connectivity index (χ0) is 13.3. The van der Waals surface area contributed by atoms with E-state index >= 15 is 0 Å². The summed E-state index contributed by atoms with van der Waals surface area (Å²) in [4.78, 5) is 20.1. The average Bonchev–Trinajstić information content (AvgIpc) is 2.71.